The Hall–Kier alpha value is -2.63. The quantitative estimate of drug-likeness (QED) is 0.810. The van der Waals surface area contributed by atoms with E-state index in [-0.39, 0.29) is 23.0 Å². The van der Waals surface area contributed by atoms with E-state index < -0.39 is 30.0 Å². The van der Waals surface area contributed by atoms with Crippen molar-refractivity contribution in [1.29, 1.82) is 0 Å². The molecule has 0 aromatic carbocycles. The molecule has 2 aromatic heterocycles. The van der Waals surface area contributed by atoms with E-state index in [4.69, 9.17) is 4.52 Å². The Kier molecular flexibility index (Phi) is 4.84. The summed E-state index contributed by atoms with van der Waals surface area (Å²) in [5.41, 5.74) is 0.781. The van der Waals surface area contributed by atoms with E-state index in [2.05, 4.69) is 15.5 Å². The number of carbonyl (C=O) groups is 2. The summed E-state index contributed by atoms with van der Waals surface area (Å²) in [6.45, 7) is 3.67. The van der Waals surface area contributed by atoms with Crippen LogP contribution in [-0.2, 0) is 11.0 Å². The number of hydrogen-bond acceptors (Lipinski definition) is 6. The molecule has 0 radical (unpaired) electrons. The summed E-state index contributed by atoms with van der Waals surface area (Å²) in [7, 11) is 0. The monoisotopic (exact) mass is 404 g/mol. The third-order valence-electron chi connectivity index (χ3n) is 4.30. The summed E-state index contributed by atoms with van der Waals surface area (Å²) >= 11 is 1.13. The summed E-state index contributed by atoms with van der Waals surface area (Å²) in [6, 6.07) is -1.58. The third kappa shape index (κ3) is 3.61. The summed E-state index contributed by atoms with van der Waals surface area (Å²) in [5, 5.41) is 14.9. The van der Waals surface area contributed by atoms with Gasteiger partial charge >= 0.3 is 18.2 Å². The second-order valence-electron chi connectivity index (χ2n) is 6.03. The SMILES string of the molecule is Cc1sc(NC(=O)N2CCCC2C(=O)O)c(-c2nc(C(F)(F)F)no2)c1C. The first-order valence-corrected chi connectivity index (χ1v) is 8.73. The van der Waals surface area contributed by atoms with E-state index >= 15 is 0 Å². The van der Waals surface area contributed by atoms with Crippen LogP contribution in [0.5, 0.6) is 0 Å². The maximum Gasteiger partial charge on any atom is 0.455 e. The van der Waals surface area contributed by atoms with Crippen LogP contribution in [0.4, 0.5) is 23.0 Å². The minimum atomic E-state index is -4.76. The molecule has 3 heterocycles. The summed E-state index contributed by atoms with van der Waals surface area (Å²) < 4.78 is 43.0. The van der Waals surface area contributed by atoms with Crippen LogP contribution in [-0.4, -0.2) is 44.7 Å². The van der Waals surface area contributed by atoms with Crippen molar-refractivity contribution < 1.29 is 32.4 Å². The lowest BCUT2D eigenvalue weighted by Crippen LogP contribution is -2.42. The van der Waals surface area contributed by atoms with Gasteiger partial charge in [-0.2, -0.15) is 18.2 Å². The van der Waals surface area contributed by atoms with E-state index in [1.165, 1.54) is 4.90 Å². The van der Waals surface area contributed by atoms with E-state index in [1.807, 2.05) is 0 Å². The van der Waals surface area contributed by atoms with Gasteiger partial charge in [-0.05, 0) is 32.3 Å². The lowest BCUT2D eigenvalue weighted by Gasteiger charge is -2.21. The Morgan fingerprint density at radius 1 is 1.37 bits per heavy atom. The molecule has 0 bridgehead atoms. The van der Waals surface area contributed by atoms with Crippen LogP contribution in [0.15, 0.2) is 4.52 Å². The largest absolute Gasteiger partial charge is 0.480 e. The average Bonchev–Trinajstić information content (AvgIpc) is 3.27. The highest BCUT2D eigenvalue weighted by Crippen LogP contribution is 2.40. The third-order valence-corrected chi connectivity index (χ3v) is 5.42. The number of aromatic nitrogens is 2. The van der Waals surface area contributed by atoms with Gasteiger partial charge in [-0.3, -0.25) is 5.32 Å². The Balaban J connectivity index is 1.91. The number of alkyl halides is 3. The number of amides is 2. The van der Waals surface area contributed by atoms with Crippen LogP contribution in [0.25, 0.3) is 11.5 Å². The Labute approximate surface area is 155 Å². The fraction of sp³-hybridized carbons (Fsp3) is 0.467. The molecule has 0 spiro atoms. The van der Waals surface area contributed by atoms with Crippen LogP contribution >= 0.6 is 11.3 Å². The number of hydrogen-bond donors (Lipinski definition) is 2. The number of aryl methyl sites for hydroxylation is 1. The maximum absolute atomic E-state index is 12.7. The number of halogens is 3. The molecule has 2 amide bonds. The number of thiophene rings is 1. The summed E-state index contributed by atoms with van der Waals surface area (Å²) in [5.74, 6) is -2.88. The van der Waals surface area contributed by atoms with Crippen LogP contribution in [0.1, 0.15) is 29.1 Å². The second-order valence-corrected chi connectivity index (χ2v) is 7.25. The van der Waals surface area contributed by atoms with Gasteiger partial charge < -0.3 is 14.5 Å². The number of rotatable bonds is 3. The van der Waals surface area contributed by atoms with Crippen molar-refractivity contribution in [3.63, 3.8) is 0 Å². The molecule has 12 heteroatoms. The Morgan fingerprint density at radius 3 is 2.67 bits per heavy atom. The van der Waals surface area contributed by atoms with Crippen molar-refractivity contribution in [1.82, 2.24) is 15.0 Å². The molecule has 0 saturated carbocycles. The van der Waals surface area contributed by atoms with Crippen molar-refractivity contribution in [3.05, 3.63) is 16.3 Å². The molecule has 8 nitrogen and oxygen atoms in total. The van der Waals surface area contributed by atoms with E-state index in [9.17, 15) is 27.9 Å². The molecule has 1 atom stereocenters. The molecule has 1 saturated heterocycles. The van der Waals surface area contributed by atoms with E-state index in [0.29, 0.717) is 18.4 Å². The lowest BCUT2D eigenvalue weighted by molar-refractivity contribution is -0.146. The van der Waals surface area contributed by atoms with Gasteiger partial charge in [-0.25, -0.2) is 9.59 Å². The Bertz CT molecular complexity index is 892. The van der Waals surface area contributed by atoms with E-state index in [1.54, 1.807) is 13.8 Å². The molecule has 1 fully saturated rings. The number of aliphatic carboxylic acids is 1. The van der Waals surface area contributed by atoms with Gasteiger partial charge in [0, 0.05) is 11.4 Å². The topological polar surface area (TPSA) is 109 Å². The molecular weight excluding hydrogens is 389 g/mol. The number of carboxylic acid groups (broad SMARTS) is 1. The lowest BCUT2D eigenvalue weighted by atomic mass is 10.1. The predicted molar refractivity (Wildman–Crippen MR) is 88.5 cm³/mol. The number of nitrogens with zero attached hydrogens (tertiary/aromatic N) is 3. The fourth-order valence-corrected chi connectivity index (χ4v) is 3.89. The van der Waals surface area contributed by atoms with Crippen LogP contribution in [0.3, 0.4) is 0 Å². The molecule has 1 aliphatic heterocycles. The van der Waals surface area contributed by atoms with Gasteiger partial charge in [0.25, 0.3) is 11.7 Å². The molecule has 0 aliphatic carbocycles. The fourth-order valence-electron chi connectivity index (χ4n) is 2.85. The number of carboxylic acids is 1. The highest BCUT2D eigenvalue weighted by atomic mass is 32.1. The molecule has 3 rings (SSSR count). The van der Waals surface area contributed by atoms with Crippen LogP contribution < -0.4 is 5.32 Å². The van der Waals surface area contributed by atoms with Gasteiger partial charge in [0.15, 0.2) is 0 Å². The first kappa shape index (κ1) is 19.1. The number of urea groups is 1. The van der Waals surface area contributed by atoms with E-state index in [0.717, 1.165) is 16.2 Å². The normalized spacial score (nSPS) is 17.4. The van der Waals surface area contributed by atoms with Gasteiger partial charge in [0.2, 0.25) is 0 Å². The smallest absolute Gasteiger partial charge is 0.455 e. The zero-order chi connectivity index (χ0) is 19.9. The number of anilines is 1. The first-order chi connectivity index (χ1) is 12.6. The minimum Gasteiger partial charge on any atom is -0.480 e. The molecule has 2 N–H and O–H groups in total. The maximum atomic E-state index is 12.7. The van der Waals surface area contributed by atoms with Crippen molar-refractivity contribution >= 4 is 28.3 Å². The van der Waals surface area contributed by atoms with Gasteiger partial charge in [0.1, 0.15) is 11.0 Å². The van der Waals surface area contributed by atoms with Crippen LogP contribution in [0.2, 0.25) is 0 Å². The molecular formula is C15H15F3N4O4S. The average molecular weight is 404 g/mol. The number of likely N-dealkylation sites (tertiary alicyclic amines) is 1. The summed E-state index contributed by atoms with van der Waals surface area (Å²) in [4.78, 5) is 29.1. The molecule has 27 heavy (non-hydrogen) atoms. The first-order valence-electron chi connectivity index (χ1n) is 7.91. The van der Waals surface area contributed by atoms with Crippen molar-refractivity contribution in [2.45, 2.75) is 38.9 Å². The van der Waals surface area contributed by atoms with Crippen molar-refractivity contribution in [2.75, 3.05) is 11.9 Å². The number of carbonyl (C=O) groups excluding carboxylic acids is 1. The summed E-state index contributed by atoms with van der Waals surface area (Å²) in [6.07, 6.45) is -3.86. The predicted octanol–water partition coefficient (Wildman–Crippen LogP) is 3.51. The second kappa shape index (κ2) is 6.83. The van der Waals surface area contributed by atoms with Crippen LogP contribution in [0, 0.1) is 13.8 Å². The molecule has 146 valence electrons. The van der Waals surface area contributed by atoms with Gasteiger partial charge in [-0.15, -0.1) is 11.3 Å². The zero-order valence-electron chi connectivity index (χ0n) is 14.3. The molecule has 2 aromatic rings. The highest BCUT2D eigenvalue weighted by Gasteiger charge is 2.38. The van der Waals surface area contributed by atoms with Gasteiger partial charge in [-0.1, -0.05) is 5.16 Å². The highest BCUT2D eigenvalue weighted by molar-refractivity contribution is 7.17. The molecule has 1 unspecified atom stereocenters. The number of nitrogens with one attached hydrogen (secondary N) is 1. The van der Waals surface area contributed by atoms with Crippen molar-refractivity contribution in [2.24, 2.45) is 0 Å². The van der Waals surface area contributed by atoms with Gasteiger partial charge in [0.05, 0.1) is 5.56 Å². The Morgan fingerprint density at radius 2 is 2.07 bits per heavy atom. The van der Waals surface area contributed by atoms with Crippen molar-refractivity contribution in [3.8, 4) is 11.5 Å². The zero-order valence-corrected chi connectivity index (χ0v) is 15.1. The molecule has 1 aliphatic rings. The standard InChI is InChI=1S/C15H15F3N4O4S/c1-6-7(2)27-11(9(6)10-19-13(21-26-10)15(16,17)18)20-14(25)22-5-3-4-8(22)12(23)24/h8H,3-5H2,1-2H3,(H,20,25)(H,23,24). The minimum absolute atomic E-state index is 0.194.